The minimum Gasteiger partial charge on any atom is -0.495 e. The van der Waals surface area contributed by atoms with Crippen LogP contribution in [-0.2, 0) is 4.74 Å². The molecule has 0 saturated carbocycles. The molecule has 22 heavy (non-hydrogen) atoms. The summed E-state index contributed by atoms with van der Waals surface area (Å²) in [4.78, 5) is 0. The average Bonchev–Trinajstić information content (AvgIpc) is 2.54. The Labute approximate surface area is 140 Å². The van der Waals surface area contributed by atoms with E-state index in [2.05, 4.69) is 33.8 Å². The Hall–Kier alpha value is -0.460. The minimum absolute atomic E-state index is 0.437. The molecule has 1 atom stereocenters. The minimum atomic E-state index is 0.437. The average molecular weight is 311 g/mol. The molecule has 0 heterocycles. The zero-order valence-corrected chi connectivity index (χ0v) is 16.0. The van der Waals surface area contributed by atoms with E-state index in [1.54, 1.807) is 0 Å². The molecule has 0 aromatic rings. The zero-order chi connectivity index (χ0) is 16.5. The van der Waals surface area contributed by atoms with E-state index in [1.165, 1.54) is 82.8 Å². The van der Waals surface area contributed by atoms with E-state index in [9.17, 15) is 0 Å². The molecule has 0 aliphatic heterocycles. The van der Waals surface area contributed by atoms with Gasteiger partial charge in [-0.1, -0.05) is 79.1 Å². The molecule has 0 bridgehead atoms. The summed E-state index contributed by atoms with van der Waals surface area (Å²) in [6.45, 7) is 9.01. The number of rotatable bonds is 16. The van der Waals surface area contributed by atoms with Crippen LogP contribution in [-0.4, -0.2) is 6.10 Å². The second-order valence-electron chi connectivity index (χ2n) is 6.58. The van der Waals surface area contributed by atoms with Crippen molar-refractivity contribution in [3.8, 4) is 0 Å². The molecular weight excluding hydrogens is 268 g/mol. The number of unbranched alkanes of at least 4 members (excludes halogenated alkanes) is 9. The van der Waals surface area contributed by atoms with Gasteiger partial charge < -0.3 is 4.74 Å². The van der Waals surface area contributed by atoms with Crippen molar-refractivity contribution in [2.45, 2.75) is 124 Å². The van der Waals surface area contributed by atoms with Gasteiger partial charge in [-0.15, -0.1) is 0 Å². The fraction of sp³-hybridized carbons (Fsp3) is 0.905. The Bertz CT molecular complexity index is 244. The van der Waals surface area contributed by atoms with Crippen molar-refractivity contribution in [2.24, 2.45) is 0 Å². The SMILES string of the molecule is CCCCCCCCCC=C(CC)OC(CC)CCCCC. The van der Waals surface area contributed by atoms with E-state index in [0.29, 0.717) is 6.10 Å². The van der Waals surface area contributed by atoms with E-state index in [1.807, 2.05) is 0 Å². The Morgan fingerprint density at radius 3 is 1.95 bits per heavy atom. The third-order valence-electron chi connectivity index (χ3n) is 4.43. The molecule has 1 unspecified atom stereocenters. The Morgan fingerprint density at radius 2 is 1.36 bits per heavy atom. The summed E-state index contributed by atoms with van der Waals surface area (Å²) in [7, 11) is 0. The first-order chi connectivity index (χ1) is 10.8. The van der Waals surface area contributed by atoms with E-state index in [-0.39, 0.29) is 0 Å². The summed E-state index contributed by atoms with van der Waals surface area (Å²) >= 11 is 0. The summed E-state index contributed by atoms with van der Waals surface area (Å²) in [5.74, 6) is 1.23. The lowest BCUT2D eigenvalue weighted by atomic mass is 10.1. The highest BCUT2D eigenvalue weighted by Gasteiger charge is 2.08. The second-order valence-corrected chi connectivity index (χ2v) is 6.58. The smallest absolute Gasteiger partial charge is 0.0979 e. The van der Waals surface area contributed by atoms with Gasteiger partial charge in [-0.05, 0) is 38.2 Å². The molecule has 0 fully saturated rings. The van der Waals surface area contributed by atoms with Gasteiger partial charge in [0.25, 0.3) is 0 Å². The maximum Gasteiger partial charge on any atom is 0.0979 e. The third-order valence-corrected chi connectivity index (χ3v) is 4.43. The highest BCUT2D eigenvalue weighted by molar-refractivity contribution is 4.93. The summed E-state index contributed by atoms with van der Waals surface area (Å²) in [6, 6.07) is 0. The van der Waals surface area contributed by atoms with Crippen LogP contribution in [0.2, 0.25) is 0 Å². The van der Waals surface area contributed by atoms with Crippen molar-refractivity contribution >= 4 is 0 Å². The zero-order valence-electron chi connectivity index (χ0n) is 16.0. The van der Waals surface area contributed by atoms with Gasteiger partial charge >= 0.3 is 0 Å². The largest absolute Gasteiger partial charge is 0.495 e. The molecule has 1 heteroatoms. The summed E-state index contributed by atoms with van der Waals surface area (Å²) in [6.07, 6.45) is 21.0. The summed E-state index contributed by atoms with van der Waals surface area (Å²) in [5, 5.41) is 0. The monoisotopic (exact) mass is 310 g/mol. The number of hydrogen-bond donors (Lipinski definition) is 0. The number of ether oxygens (including phenoxy) is 1. The fourth-order valence-corrected chi connectivity index (χ4v) is 2.82. The van der Waals surface area contributed by atoms with Crippen LogP contribution in [0, 0.1) is 0 Å². The Morgan fingerprint density at radius 1 is 0.773 bits per heavy atom. The van der Waals surface area contributed by atoms with Crippen LogP contribution in [0.4, 0.5) is 0 Å². The molecule has 0 amide bonds. The molecule has 0 saturated heterocycles. The van der Waals surface area contributed by atoms with Gasteiger partial charge in [0.05, 0.1) is 11.9 Å². The van der Waals surface area contributed by atoms with E-state index in [0.717, 1.165) is 12.8 Å². The van der Waals surface area contributed by atoms with Crippen molar-refractivity contribution in [3.63, 3.8) is 0 Å². The van der Waals surface area contributed by atoms with Crippen molar-refractivity contribution in [2.75, 3.05) is 0 Å². The molecule has 0 aliphatic rings. The van der Waals surface area contributed by atoms with E-state index >= 15 is 0 Å². The second kappa shape index (κ2) is 16.9. The topological polar surface area (TPSA) is 9.23 Å². The first-order valence-corrected chi connectivity index (χ1v) is 10.1. The molecule has 1 nitrogen and oxygen atoms in total. The van der Waals surface area contributed by atoms with Crippen LogP contribution < -0.4 is 0 Å². The van der Waals surface area contributed by atoms with Gasteiger partial charge in [-0.2, -0.15) is 0 Å². The third kappa shape index (κ3) is 13.2. The van der Waals surface area contributed by atoms with Crippen LogP contribution >= 0.6 is 0 Å². The van der Waals surface area contributed by atoms with Crippen LogP contribution in [0.1, 0.15) is 118 Å². The molecular formula is C21H42O. The fourth-order valence-electron chi connectivity index (χ4n) is 2.82. The van der Waals surface area contributed by atoms with Gasteiger partial charge in [0.1, 0.15) is 0 Å². The number of allylic oxidation sites excluding steroid dienone is 2. The molecule has 0 aromatic heterocycles. The maximum atomic E-state index is 6.22. The van der Waals surface area contributed by atoms with Crippen LogP contribution in [0.3, 0.4) is 0 Å². The number of hydrogen-bond acceptors (Lipinski definition) is 1. The standard InChI is InChI=1S/C21H42O/c1-5-9-11-12-13-14-15-17-19-21(8-4)22-20(7-3)18-16-10-6-2/h19-20H,5-18H2,1-4H3. The van der Waals surface area contributed by atoms with Gasteiger partial charge in [-0.3, -0.25) is 0 Å². The predicted octanol–water partition coefficient (Wildman–Crippen LogP) is 7.80. The molecule has 0 aromatic carbocycles. The van der Waals surface area contributed by atoms with Gasteiger partial charge in [-0.25, -0.2) is 0 Å². The van der Waals surface area contributed by atoms with E-state index < -0.39 is 0 Å². The lowest BCUT2D eigenvalue weighted by Gasteiger charge is -2.19. The van der Waals surface area contributed by atoms with Gasteiger partial charge in [0.2, 0.25) is 0 Å². The molecule has 0 aliphatic carbocycles. The van der Waals surface area contributed by atoms with Crippen molar-refractivity contribution < 1.29 is 4.74 Å². The highest BCUT2D eigenvalue weighted by Crippen LogP contribution is 2.17. The lowest BCUT2D eigenvalue weighted by molar-refractivity contribution is 0.0965. The van der Waals surface area contributed by atoms with Crippen molar-refractivity contribution in [3.05, 3.63) is 11.8 Å². The lowest BCUT2D eigenvalue weighted by Crippen LogP contribution is -2.11. The highest BCUT2D eigenvalue weighted by atomic mass is 16.5. The predicted molar refractivity (Wildman–Crippen MR) is 100 cm³/mol. The molecule has 0 rings (SSSR count). The summed E-state index contributed by atoms with van der Waals surface area (Å²) < 4.78 is 6.22. The van der Waals surface area contributed by atoms with Crippen molar-refractivity contribution in [1.29, 1.82) is 0 Å². The van der Waals surface area contributed by atoms with Crippen LogP contribution in [0.5, 0.6) is 0 Å². The molecule has 0 radical (unpaired) electrons. The first kappa shape index (κ1) is 21.5. The van der Waals surface area contributed by atoms with E-state index in [4.69, 9.17) is 4.74 Å². The molecule has 0 spiro atoms. The molecule has 132 valence electrons. The Balaban J connectivity index is 3.81. The quantitative estimate of drug-likeness (QED) is 0.209. The van der Waals surface area contributed by atoms with Gasteiger partial charge in [0.15, 0.2) is 0 Å². The maximum absolute atomic E-state index is 6.22. The molecule has 0 N–H and O–H groups in total. The summed E-state index contributed by atoms with van der Waals surface area (Å²) in [5.41, 5.74) is 0. The van der Waals surface area contributed by atoms with Crippen LogP contribution in [0.25, 0.3) is 0 Å². The normalized spacial score (nSPS) is 13.4. The van der Waals surface area contributed by atoms with Crippen molar-refractivity contribution in [1.82, 2.24) is 0 Å². The van der Waals surface area contributed by atoms with Crippen LogP contribution in [0.15, 0.2) is 11.8 Å². The first-order valence-electron chi connectivity index (χ1n) is 10.1. The Kier molecular flexibility index (Phi) is 16.5. The van der Waals surface area contributed by atoms with Gasteiger partial charge in [0, 0.05) is 6.42 Å².